The molecule has 0 aliphatic carbocycles. The Hall–Kier alpha value is -3.97. The predicted octanol–water partition coefficient (Wildman–Crippen LogP) is 4.58. The highest BCUT2D eigenvalue weighted by molar-refractivity contribution is 6.30. The summed E-state index contributed by atoms with van der Waals surface area (Å²) in [5, 5.41) is 15.1. The number of fused-ring (bicyclic) bond motifs is 3. The molecule has 0 bridgehead atoms. The number of nitrogens with one attached hydrogen (secondary N) is 2. The number of halogens is 1. The number of carbonyl (C=O) groups is 1. The van der Waals surface area contributed by atoms with Gasteiger partial charge in [-0.1, -0.05) is 72.3 Å². The highest BCUT2D eigenvalue weighted by atomic mass is 35.5. The van der Waals surface area contributed by atoms with Crippen LogP contribution in [0.4, 0.5) is 4.79 Å². The van der Waals surface area contributed by atoms with Crippen LogP contribution < -0.4 is 10.6 Å². The van der Waals surface area contributed by atoms with Gasteiger partial charge in [0.2, 0.25) is 0 Å². The van der Waals surface area contributed by atoms with Gasteiger partial charge in [-0.2, -0.15) is 0 Å². The molecule has 0 fully saturated rings. The maximum atomic E-state index is 12.8. The van der Waals surface area contributed by atoms with Crippen LogP contribution in [0, 0.1) is 6.92 Å². The molecule has 1 unspecified atom stereocenters. The van der Waals surface area contributed by atoms with Crippen LogP contribution in [0.1, 0.15) is 34.5 Å². The molecule has 4 aromatic rings. The molecule has 33 heavy (non-hydrogen) atoms. The van der Waals surface area contributed by atoms with Gasteiger partial charge in [-0.3, -0.25) is 9.56 Å². The van der Waals surface area contributed by atoms with E-state index in [1.54, 1.807) is 0 Å². The molecule has 2 N–H and O–H groups in total. The fourth-order valence-electron chi connectivity index (χ4n) is 3.87. The summed E-state index contributed by atoms with van der Waals surface area (Å²) in [5.74, 6) is 1.25. The highest BCUT2D eigenvalue weighted by Crippen LogP contribution is 2.30. The summed E-state index contributed by atoms with van der Waals surface area (Å²) in [6.07, 6.45) is -0.736. The molecule has 8 heteroatoms. The second-order valence-electron chi connectivity index (χ2n) is 7.66. The van der Waals surface area contributed by atoms with Gasteiger partial charge in [0.05, 0.1) is 11.4 Å². The minimum absolute atomic E-state index is 0.346. The number of hydrogen-bond acceptors (Lipinski definition) is 4. The smallest absolute Gasteiger partial charge is 0.317 e. The predicted molar refractivity (Wildman–Crippen MR) is 128 cm³/mol. The van der Waals surface area contributed by atoms with Gasteiger partial charge >= 0.3 is 6.03 Å². The Kier molecular flexibility index (Phi) is 5.62. The summed E-state index contributed by atoms with van der Waals surface area (Å²) in [5.41, 5.74) is 4.45. The van der Waals surface area contributed by atoms with Gasteiger partial charge in [-0.25, -0.2) is 4.79 Å². The van der Waals surface area contributed by atoms with Crippen LogP contribution in [0.3, 0.4) is 0 Å². The van der Waals surface area contributed by atoms with Gasteiger partial charge in [-0.05, 0) is 30.7 Å². The van der Waals surface area contributed by atoms with Crippen molar-refractivity contribution in [1.29, 1.82) is 0 Å². The van der Waals surface area contributed by atoms with Crippen LogP contribution in [-0.4, -0.2) is 26.5 Å². The van der Waals surface area contributed by atoms with E-state index in [1.165, 1.54) is 0 Å². The average Bonchev–Trinajstić information content (AvgIpc) is 3.16. The molecule has 2 amide bonds. The zero-order valence-corrected chi connectivity index (χ0v) is 18.6. The number of urea groups is 1. The molecular formula is C25H21ClN6O. The minimum atomic E-state index is -0.736. The molecule has 0 saturated carbocycles. The van der Waals surface area contributed by atoms with E-state index in [4.69, 9.17) is 16.6 Å². The Bertz CT molecular complexity index is 1330. The molecule has 1 aromatic heterocycles. The van der Waals surface area contributed by atoms with Crippen molar-refractivity contribution in [2.45, 2.75) is 19.6 Å². The molecule has 1 aliphatic heterocycles. The van der Waals surface area contributed by atoms with E-state index in [-0.39, 0.29) is 6.03 Å². The Morgan fingerprint density at radius 2 is 1.70 bits per heavy atom. The van der Waals surface area contributed by atoms with Gasteiger partial charge < -0.3 is 10.6 Å². The number of aryl methyl sites for hydroxylation is 1. The van der Waals surface area contributed by atoms with Gasteiger partial charge in [-0.15, -0.1) is 10.2 Å². The molecule has 0 spiro atoms. The summed E-state index contributed by atoms with van der Waals surface area (Å²) in [6.45, 7) is 2.28. The maximum Gasteiger partial charge on any atom is 0.317 e. The number of aliphatic imine (C=N–C) groups is 1. The average molecular weight is 457 g/mol. The topological polar surface area (TPSA) is 84.2 Å². The second-order valence-corrected chi connectivity index (χ2v) is 8.09. The van der Waals surface area contributed by atoms with Crippen LogP contribution in [0.25, 0.3) is 5.69 Å². The zero-order valence-electron chi connectivity index (χ0n) is 17.9. The third kappa shape index (κ3) is 4.23. The van der Waals surface area contributed by atoms with E-state index in [9.17, 15) is 4.79 Å². The number of rotatable bonds is 4. The quantitative estimate of drug-likeness (QED) is 0.471. The van der Waals surface area contributed by atoms with Gasteiger partial charge in [0, 0.05) is 22.7 Å². The number of amides is 2. The van der Waals surface area contributed by atoms with Crippen LogP contribution in [0.5, 0.6) is 0 Å². The first-order valence-electron chi connectivity index (χ1n) is 10.5. The van der Waals surface area contributed by atoms with Crippen molar-refractivity contribution < 1.29 is 4.79 Å². The zero-order chi connectivity index (χ0) is 22.8. The van der Waals surface area contributed by atoms with Crippen molar-refractivity contribution in [1.82, 2.24) is 25.4 Å². The Morgan fingerprint density at radius 1 is 0.970 bits per heavy atom. The number of benzene rings is 3. The molecule has 0 saturated heterocycles. The van der Waals surface area contributed by atoms with Gasteiger partial charge in [0.25, 0.3) is 0 Å². The normalized spacial score (nSPS) is 14.5. The largest absolute Gasteiger partial charge is 0.334 e. The van der Waals surface area contributed by atoms with Crippen LogP contribution in [0.2, 0.25) is 5.02 Å². The van der Waals surface area contributed by atoms with E-state index in [2.05, 4.69) is 20.8 Å². The summed E-state index contributed by atoms with van der Waals surface area (Å²) in [6, 6.07) is 24.8. The highest BCUT2D eigenvalue weighted by Gasteiger charge is 2.28. The van der Waals surface area contributed by atoms with E-state index in [1.807, 2.05) is 90.4 Å². The lowest BCUT2D eigenvalue weighted by atomic mass is 10.0. The lowest BCUT2D eigenvalue weighted by molar-refractivity contribution is 0.236. The fraction of sp³-hybridized carbons (Fsp3) is 0.120. The monoisotopic (exact) mass is 456 g/mol. The molecule has 1 aliphatic rings. The van der Waals surface area contributed by atoms with Crippen molar-refractivity contribution in [2.75, 3.05) is 0 Å². The summed E-state index contributed by atoms with van der Waals surface area (Å²) in [7, 11) is 0. The van der Waals surface area contributed by atoms with Crippen LogP contribution >= 0.6 is 11.6 Å². The molecule has 3 aromatic carbocycles. The first kappa shape index (κ1) is 20.9. The number of para-hydroxylation sites is 1. The molecule has 5 rings (SSSR count). The molecule has 2 heterocycles. The number of nitrogens with zero attached hydrogens (tertiary/aromatic N) is 4. The van der Waals surface area contributed by atoms with E-state index in [0.29, 0.717) is 23.2 Å². The molecule has 1 atom stereocenters. The molecule has 164 valence electrons. The molecular weight excluding hydrogens is 436 g/mol. The van der Waals surface area contributed by atoms with Crippen LogP contribution in [-0.2, 0) is 6.54 Å². The fourth-order valence-corrected chi connectivity index (χ4v) is 3.99. The van der Waals surface area contributed by atoms with Gasteiger partial charge in [0.15, 0.2) is 12.0 Å². The van der Waals surface area contributed by atoms with Crippen LogP contribution in [0.15, 0.2) is 83.9 Å². The third-order valence-electron chi connectivity index (χ3n) is 5.43. The van der Waals surface area contributed by atoms with E-state index >= 15 is 0 Å². The van der Waals surface area contributed by atoms with Gasteiger partial charge in [0.1, 0.15) is 5.82 Å². The van der Waals surface area contributed by atoms with E-state index in [0.717, 1.165) is 28.1 Å². The molecule has 7 nitrogen and oxygen atoms in total. The summed E-state index contributed by atoms with van der Waals surface area (Å²) >= 11 is 6.11. The van der Waals surface area contributed by atoms with Crippen molar-refractivity contribution in [3.8, 4) is 5.69 Å². The van der Waals surface area contributed by atoms with Crippen molar-refractivity contribution in [2.24, 2.45) is 4.99 Å². The Morgan fingerprint density at radius 3 is 2.48 bits per heavy atom. The lowest BCUT2D eigenvalue weighted by Crippen LogP contribution is -2.38. The first-order valence-corrected chi connectivity index (χ1v) is 10.9. The summed E-state index contributed by atoms with van der Waals surface area (Å²) in [4.78, 5) is 17.8. The second kappa shape index (κ2) is 8.88. The molecule has 0 radical (unpaired) electrons. The Balaban J connectivity index is 1.54. The maximum absolute atomic E-state index is 12.8. The minimum Gasteiger partial charge on any atom is -0.334 e. The number of aromatic nitrogens is 3. The van der Waals surface area contributed by atoms with Crippen molar-refractivity contribution in [3.05, 3.63) is 112 Å². The number of carbonyl (C=O) groups excluding carboxylic acids is 1. The Labute approximate surface area is 196 Å². The SMILES string of the molecule is Cc1nnc2n1-c1ccccc1C(c1ccc(Cl)cc1)=NC2NC(=O)NCc1ccccc1. The standard InChI is InChI=1S/C25H21ClN6O/c1-16-30-31-24-23(29-25(33)27-15-17-7-3-2-4-8-17)28-22(18-11-13-19(26)14-12-18)20-9-5-6-10-21(20)32(16)24/h2-14,23H,15H2,1H3,(H2,27,29,33). The van der Waals surface area contributed by atoms with Crippen molar-refractivity contribution in [3.63, 3.8) is 0 Å². The summed E-state index contributed by atoms with van der Waals surface area (Å²) < 4.78 is 1.93. The first-order chi connectivity index (χ1) is 16.1. The lowest BCUT2D eigenvalue weighted by Gasteiger charge is -2.15. The number of hydrogen-bond donors (Lipinski definition) is 2. The van der Waals surface area contributed by atoms with Crippen molar-refractivity contribution >= 4 is 23.3 Å². The third-order valence-corrected chi connectivity index (χ3v) is 5.69. The van der Waals surface area contributed by atoms with E-state index < -0.39 is 6.17 Å².